The molecule has 1 aliphatic rings. The summed E-state index contributed by atoms with van der Waals surface area (Å²) in [5.74, 6) is 0.804. The van der Waals surface area contributed by atoms with Crippen LogP contribution in [0.1, 0.15) is 31.2 Å². The van der Waals surface area contributed by atoms with Gasteiger partial charge in [0.25, 0.3) is 5.91 Å². The molecule has 0 spiro atoms. The Kier molecular flexibility index (Phi) is 6.44. The normalized spacial score (nSPS) is 14.8. The zero-order chi connectivity index (χ0) is 17.4. The lowest BCUT2D eigenvalue weighted by molar-refractivity contribution is -0.117. The third kappa shape index (κ3) is 4.63. The van der Waals surface area contributed by atoms with Crippen molar-refractivity contribution in [1.82, 2.24) is 5.32 Å². The van der Waals surface area contributed by atoms with Crippen molar-refractivity contribution in [3.63, 3.8) is 0 Å². The van der Waals surface area contributed by atoms with Crippen LogP contribution in [-0.2, 0) is 4.79 Å². The van der Waals surface area contributed by atoms with Crippen LogP contribution < -0.4 is 14.8 Å². The molecule has 1 aromatic rings. The van der Waals surface area contributed by atoms with Gasteiger partial charge in [0.15, 0.2) is 11.5 Å². The summed E-state index contributed by atoms with van der Waals surface area (Å²) in [6.07, 6.45) is 7.42. The Hall–Kier alpha value is -2.74. The number of nitrogens with zero attached hydrogens (tertiary/aromatic N) is 1. The van der Waals surface area contributed by atoms with Gasteiger partial charge in [-0.1, -0.05) is 31.6 Å². The largest absolute Gasteiger partial charge is 0.493 e. The van der Waals surface area contributed by atoms with E-state index in [1.165, 1.54) is 0 Å². The molecule has 5 heteroatoms. The van der Waals surface area contributed by atoms with Crippen LogP contribution in [0.25, 0.3) is 6.08 Å². The van der Waals surface area contributed by atoms with E-state index in [0.717, 1.165) is 25.7 Å². The average molecular weight is 326 g/mol. The molecule has 1 aliphatic carbocycles. The third-order valence-electron chi connectivity index (χ3n) is 3.91. The van der Waals surface area contributed by atoms with Crippen molar-refractivity contribution in [3.05, 3.63) is 42.0 Å². The first-order chi connectivity index (χ1) is 11.7. The minimum atomic E-state index is -0.324. The minimum absolute atomic E-state index is 0.0868. The van der Waals surface area contributed by atoms with Crippen molar-refractivity contribution in [1.29, 1.82) is 5.26 Å². The predicted octanol–water partition coefficient (Wildman–Crippen LogP) is 3.23. The smallest absolute Gasteiger partial charge is 0.262 e. The molecule has 1 saturated carbocycles. The molecule has 0 aliphatic heterocycles. The lowest BCUT2D eigenvalue weighted by atomic mass is 10.1. The Morgan fingerprint density at radius 2 is 2.17 bits per heavy atom. The maximum atomic E-state index is 12.2. The standard InChI is InChI=1S/C19H22N2O3/c1-3-10-24-17-9-8-14(12-18(17)23-2)11-15(13-20)19(22)21-16-6-4-5-7-16/h3,8-9,11-12,16H,1,4-7,10H2,2H3,(H,21,22)/b15-11+. The second-order valence-corrected chi connectivity index (χ2v) is 5.63. The number of hydrogen-bond acceptors (Lipinski definition) is 4. The van der Waals surface area contributed by atoms with E-state index in [2.05, 4.69) is 11.9 Å². The molecule has 0 atom stereocenters. The maximum absolute atomic E-state index is 12.2. The van der Waals surface area contributed by atoms with E-state index < -0.39 is 0 Å². The van der Waals surface area contributed by atoms with Gasteiger partial charge < -0.3 is 14.8 Å². The van der Waals surface area contributed by atoms with E-state index in [1.807, 2.05) is 6.07 Å². The number of benzene rings is 1. The Morgan fingerprint density at radius 3 is 2.79 bits per heavy atom. The Balaban J connectivity index is 2.15. The Morgan fingerprint density at radius 1 is 1.42 bits per heavy atom. The first-order valence-corrected chi connectivity index (χ1v) is 8.02. The van der Waals surface area contributed by atoms with Gasteiger partial charge in [0.05, 0.1) is 7.11 Å². The van der Waals surface area contributed by atoms with Crippen molar-refractivity contribution in [3.8, 4) is 17.6 Å². The fourth-order valence-corrected chi connectivity index (χ4v) is 2.69. The highest BCUT2D eigenvalue weighted by Gasteiger charge is 2.19. The predicted molar refractivity (Wildman–Crippen MR) is 92.7 cm³/mol. The number of hydrogen-bond donors (Lipinski definition) is 1. The molecule has 0 aromatic heterocycles. The SMILES string of the molecule is C=CCOc1ccc(/C=C(\C#N)C(=O)NC2CCCC2)cc1OC. The van der Waals surface area contributed by atoms with Gasteiger partial charge in [-0.15, -0.1) is 0 Å². The van der Waals surface area contributed by atoms with Gasteiger partial charge in [-0.3, -0.25) is 4.79 Å². The van der Waals surface area contributed by atoms with E-state index in [9.17, 15) is 10.1 Å². The topological polar surface area (TPSA) is 71.3 Å². The molecule has 24 heavy (non-hydrogen) atoms. The van der Waals surface area contributed by atoms with Crippen LogP contribution >= 0.6 is 0 Å². The number of amides is 1. The van der Waals surface area contributed by atoms with Crippen LogP contribution in [0, 0.1) is 11.3 Å². The molecule has 0 radical (unpaired) electrons. The van der Waals surface area contributed by atoms with E-state index in [1.54, 1.807) is 37.5 Å². The molecule has 0 unspecified atom stereocenters. The second kappa shape index (κ2) is 8.78. The summed E-state index contributed by atoms with van der Waals surface area (Å²) in [5, 5.41) is 12.2. The molecule has 1 aromatic carbocycles. The van der Waals surface area contributed by atoms with Gasteiger partial charge in [0.1, 0.15) is 18.2 Å². The van der Waals surface area contributed by atoms with Crippen molar-refractivity contribution >= 4 is 12.0 Å². The van der Waals surface area contributed by atoms with Crippen molar-refractivity contribution in [2.45, 2.75) is 31.7 Å². The maximum Gasteiger partial charge on any atom is 0.262 e. The van der Waals surface area contributed by atoms with Gasteiger partial charge in [0, 0.05) is 6.04 Å². The fourth-order valence-electron chi connectivity index (χ4n) is 2.69. The van der Waals surface area contributed by atoms with Crippen LogP contribution in [0.3, 0.4) is 0 Å². The number of carbonyl (C=O) groups excluding carboxylic acids is 1. The van der Waals surface area contributed by atoms with Crippen LogP contribution in [-0.4, -0.2) is 25.7 Å². The third-order valence-corrected chi connectivity index (χ3v) is 3.91. The fraction of sp³-hybridized carbons (Fsp3) is 0.368. The van der Waals surface area contributed by atoms with Crippen molar-refractivity contribution in [2.24, 2.45) is 0 Å². The van der Waals surface area contributed by atoms with Gasteiger partial charge in [-0.2, -0.15) is 5.26 Å². The molecule has 1 N–H and O–H groups in total. The summed E-state index contributed by atoms with van der Waals surface area (Å²) in [4.78, 5) is 12.2. The van der Waals surface area contributed by atoms with Gasteiger partial charge in [0.2, 0.25) is 0 Å². The summed E-state index contributed by atoms with van der Waals surface area (Å²) in [6.45, 7) is 3.98. The molecule has 5 nitrogen and oxygen atoms in total. The van der Waals surface area contributed by atoms with Crippen LogP contribution in [0.15, 0.2) is 36.4 Å². The molecule has 0 heterocycles. The monoisotopic (exact) mass is 326 g/mol. The molecule has 1 fully saturated rings. The van der Waals surface area contributed by atoms with E-state index in [4.69, 9.17) is 9.47 Å². The lowest BCUT2D eigenvalue weighted by Gasteiger charge is -2.12. The molecule has 2 rings (SSSR count). The minimum Gasteiger partial charge on any atom is -0.493 e. The Bertz CT molecular complexity index is 668. The van der Waals surface area contributed by atoms with Crippen molar-refractivity contribution in [2.75, 3.05) is 13.7 Å². The zero-order valence-electron chi connectivity index (χ0n) is 13.9. The van der Waals surface area contributed by atoms with Gasteiger partial charge in [-0.25, -0.2) is 0 Å². The number of methoxy groups -OCH3 is 1. The quantitative estimate of drug-likeness (QED) is 0.474. The summed E-state index contributed by atoms with van der Waals surface area (Å²) >= 11 is 0. The number of carbonyl (C=O) groups is 1. The number of ether oxygens (including phenoxy) is 2. The number of nitriles is 1. The molecule has 0 bridgehead atoms. The molecule has 0 saturated heterocycles. The van der Waals surface area contributed by atoms with Crippen LogP contribution in [0.4, 0.5) is 0 Å². The molecule has 126 valence electrons. The number of nitrogens with one attached hydrogen (secondary N) is 1. The molecular formula is C19H22N2O3. The van der Waals surface area contributed by atoms with Crippen molar-refractivity contribution < 1.29 is 14.3 Å². The highest BCUT2D eigenvalue weighted by molar-refractivity contribution is 6.01. The Labute approximate surface area is 142 Å². The summed E-state index contributed by atoms with van der Waals surface area (Å²) < 4.78 is 10.8. The number of rotatable bonds is 7. The van der Waals surface area contributed by atoms with E-state index in [-0.39, 0.29) is 17.5 Å². The van der Waals surface area contributed by atoms with Gasteiger partial charge in [-0.05, 0) is 36.6 Å². The summed E-state index contributed by atoms with van der Waals surface area (Å²) in [7, 11) is 1.54. The average Bonchev–Trinajstić information content (AvgIpc) is 3.11. The summed E-state index contributed by atoms with van der Waals surface area (Å²) in [5.41, 5.74) is 0.791. The molecular weight excluding hydrogens is 304 g/mol. The van der Waals surface area contributed by atoms with E-state index in [0.29, 0.717) is 23.7 Å². The summed E-state index contributed by atoms with van der Waals surface area (Å²) in [6, 6.07) is 7.42. The molecule has 1 amide bonds. The first kappa shape index (κ1) is 17.6. The van der Waals surface area contributed by atoms with Crippen LogP contribution in [0.5, 0.6) is 11.5 Å². The first-order valence-electron chi connectivity index (χ1n) is 8.02. The lowest BCUT2D eigenvalue weighted by Crippen LogP contribution is -2.33. The second-order valence-electron chi connectivity index (χ2n) is 5.63. The highest BCUT2D eigenvalue weighted by Crippen LogP contribution is 2.29. The van der Waals surface area contributed by atoms with E-state index >= 15 is 0 Å². The van der Waals surface area contributed by atoms with Gasteiger partial charge >= 0.3 is 0 Å². The van der Waals surface area contributed by atoms with Crippen LogP contribution in [0.2, 0.25) is 0 Å². The zero-order valence-corrected chi connectivity index (χ0v) is 13.9. The highest BCUT2D eigenvalue weighted by atomic mass is 16.5.